The molecule has 0 atom stereocenters. The summed E-state index contributed by atoms with van der Waals surface area (Å²) in [4.78, 5) is 0. The molecule has 0 aliphatic carbocycles. The van der Waals surface area contributed by atoms with Crippen LogP contribution < -0.4 is 28.0 Å². The van der Waals surface area contributed by atoms with Crippen LogP contribution in [0.15, 0.2) is 0 Å². The fourth-order valence-electron chi connectivity index (χ4n) is 0.694. The van der Waals surface area contributed by atoms with Gasteiger partial charge in [0, 0.05) is 0 Å². The van der Waals surface area contributed by atoms with Crippen LogP contribution in [0.2, 0.25) is 10.5 Å². The summed E-state index contributed by atoms with van der Waals surface area (Å²) in [5.41, 5.74) is 0. The first-order valence-corrected chi connectivity index (χ1v) is 11.0. The third kappa shape index (κ3) is 11.8. The van der Waals surface area contributed by atoms with Gasteiger partial charge in [0.2, 0.25) is 0 Å². The van der Waals surface area contributed by atoms with Crippen LogP contribution >= 0.6 is 0 Å². The summed E-state index contributed by atoms with van der Waals surface area (Å²) in [6, 6.07) is 0. The Kier molecular flexibility index (Phi) is 8.36. The van der Waals surface area contributed by atoms with Crippen molar-refractivity contribution in [2.75, 3.05) is 0 Å². The van der Waals surface area contributed by atoms with Crippen LogP contribution in [0, 0.1) is 20.5 Å². The molecule has 0 bridgehead atoms. The van der Waals surface area contributed by atoms with Crippen LogP contribution in [-0.2, 0) is 6.63 Å². The van der Waals surface area contributed by atoms with E-state index in [0.717, 1.165) is 5.25 Å². The first-order chi connectivity index (χ1) is 7.14. The van der Waals surface area contributed by atoms with E-state index in [0.29, 0.717) is 12.8 Å². The van der Waals surface area contributed by atoms with Gasteiger partial charge in [-0.2, -0.15) is 0 Å². The van der Waals surface area contributed by atoms with E-state index >= 15 is 0 Å². The first kappa shape index (κ1) is 17.3. The SMILES string of the molecule is [O-][Cl+3]([O-])([O-])[O][Ge]([CH2]CC[CH2][Ge])[O][Cl+3]([O-])([O-])[O-]. The number of rotatable bonds is 8. The van der Waals surface area contributed by atoms with Crippen molar-refractivity contribution in [2.24, 2.45) is 0 Å². The zero-order valence-electron chi connectivity index (χ0n) is 7.85. The minimum absolute atomic E-state index is 0.0171. The molecule has 16 heavy (non-hydrogen) atoms. The van der Waals surface area contributed by atoms with Crippen molar-refractivity contribution >= 4 is 31.5 Å². The van der Waals surface area contributed by atoms with Gasteiger partial charge in [-0.25, -0.2) is 0 Å². The van der Waals surface area contributed by atoms with Gasteiger partial charge in [-0.3, -0.25) is 0 Å². The molecule has 0 rings (SSSR count). The molecule has 4 radical (unpaired) electrons. The predicted molar refractivity (Wildman–Crippen MR) is 32.5 cm³/mol. The van der Waals surface area contributed by atoms with Crippen molar-refractivity contribution in [2.45, 2.75) is 23.3 Å². The van der Waals surface area contributed by atoms with Crippen molar-refractivity contribution < 1.29 is 55.1 Å². The van der Waals surface area contributed by atoms with E-state index in [9.17, 15) is 28.0 Å². The van der Waals surface area contributed by atoms with E-state index in [4.69, 9.17) is 0 Å². The Balaban J connectivity index is 4.17. The quantitative estimate of drug-likeness (QED) is 0.288. The molecule has 0 amide bonds. The van der Waals surface area contributed by atoms with Gasteiger partial charge >= 0.3 is 110 Å². The van der Waals surface area contributed by atoms with E-state index < -0.39 is 35.5 Å². The maximum atomic E-state index is 10.2. The zero-order valence-corrected chi connectivity index (χ0v) is 13.6. The van der Waals surface area contributed by atoms with Gasteiger partial charge in [0.05, 0.1) is 0 Å². The number of hydrogen-bond donors (Lipinski definition) is 0. The predicted octanol–water partition coefficient (Wildman–Crippen LogP) is -6.33. The Bertz CT molecular complexity index is 177. The second-order valence-corrected chi connectivity index (χ2v) is 9.91. The van der Waals surface area contributed by atoms with E-state index in [1.807, 2.05) is 16.5 Å². The zero-order chi connectivity index (χ0) is 12.8. The molecule has 0 aliphatic rings. The van der Waals surface area contributed by atoms with Crippen LogP contribution in [0.25, 0.3) is 0 Å². The van der Waals surface area contributed by atoms with Gasteiger partial charge < -0.3 is 0 Å². The van der Waals surface area contributed by atoms with Crippen LogP contribution in [-0.4, -0.2) is 31.5 Å². The molecule has 0 spiro atoms. The number of hydrogen-bond acceptors (Lipinski definition) is 8. The molecular formula is C4H8Cl2Ge2O8. The number of unbranched alkanes of at least 4 members (excludes halogenated alkanes) is 1. The average molecular weight is 400 g/mol. The molecular weight excluding hydrogens is 392 g/mol. The molecule has 12 heteroatoms. The summed E-state index contributed by atoms with van der Waals surface area (Å²) < 4.78 is 69.1. The van der Waals surface area contributed by atoms with Crippen molar-refractivity contribution in [3.05, 3.63) is 0 Å². The second kappa shape index (κ2) is 7.71. The van der Waals surface area contributed by atoms with Gasteiger partial charge in [-0.15, -0.1) is 0 Å². The van der Waals surface area contributed by atoms with E-state index in [2.05, 4.69) is 6.63 Å². The third-order valence-electron chi connectivity index (χ3n) is 1.17. The third-order valence-corrected chi connectivity index (χ3v) is 8.78. The Morgan fingerprint density at radius 3 is 1.62 bits per heavy atom. The van der Waals surface area contributed by atoms with Gasteiger partial charge in [0.25, 0.3) is 0 Å². The molecule has 0 aromatic rings. The maximum absolute atomic E-state index is 10.2. The van der Waals surface area contributed by atoms with Gasteiger partial charge in [0.15, 0.2) is 0 Å². The van der Waals surface area contributed by atoms with Crippen molar-refractivity contribution in [1.82, 2.24) is 0 Å². The van der Waals surface area contributed by atoms with Crippen LogP contribution in [0.5, 0.6) is 0 Å². The van der Waals surface area contributed by atoms with Gasteiger partial charge in [-0.1, -0.05) is 0 Å². The Morgan fingerprint density at radius 1 is 0.875 bits per heavy atom. The van der Waals surface area contributed by atoms with E-state index in [1.54, 1.807) is 0 Å². The van der Waals surface area contributed by atoms with Crippen molar-refractivity contribution in [3.63, 3.8) is 0 Å². The molecule has 0 aromatic carbocycles. The standard InChI is InChI=1S/C4H8Cl2Ge2O8/c7-3-1-2-4-8(15-5(9,10)11)16-6(12,13)14/h1-4H2. The monoisotopic (exact) mass is 402 g/mol. The first-order valence-electron chi connectivity index (χ1n) is 3.85. The van der Waals surface area contributed by atoms with Crippen molar-refractivity contribution in [3.8, 4) is 0 Å². The molecule has 0 aliphatic heterocycles. The molecule has 8 nitrogen and oxygen atoms in total. The molecule has 0 heterocycles. The Hall–Kier alpha value is 1.35. The number of halogens is 2. The van der Waals surface area contributed by atoms with E-state index in [-0.39, 0.29) is 5.25 Å². The fourth-order valence-corrected chi connectivity index (χ4v) is 7.09. The van der Waals surface area contributed by atoms with Crippen molar-refractivity contribution in [1.29, 1.82) is 0 Å². The fraction of sp³-hybridized carbons (Fsp3) is 1.00. The molecule has 0 N–H and O–H groups in total. The topological polar surface area (TPSA) is 157 Å². The minimum atomic E-state index is -4.77. The Labute approximate surface area is 110 Å². The summed E-state index contributed by atoms with van der Waals surface area (Å²) in [6.07, 6.45) is 1.12. The summed E-state index contributed by atoms with van der Waals surface area (Å²) in [5, 5.41) is 0.784. The summed E-state index contributed by atoms with van der Waals surface area (Å²) in [6.45, 7) is 0. The van der Waals surface area contributed by atoms with Crippen LogP contribution in [0.1, 0.15) is 12.8 Å². The molecule has 0 fully saturated rings. The molecule has 0 saturated heterocycles. The summed E-state index contributed by atoms with van der Waals surface area (Å²) in [5.74, 6) is 0. The molecule has 0 aromatic heterocycles. The van der Waals surface area contributed by atoms with E-state index in [1.165, 1.54) is 0 Å². The second-order valence-electron chi connectivity index (χ2n) is 2.49. The normalized spacial score (nSPS) is 13.5. The average Bonchev–Trinajstić information content (AvgIpc) is 1.97. The Morgan fingerprint density at radius 2 is 1.31 bits per heavy atom. The van der Waals surface area contributed by atoms with Gasteiger partial charge in [-0.05, 0) is 0 Å². The summed E-state index contributed by atoms with van der Waals surface area (Å²) in [7, 11) is -9.54. The molecule has 0 saturated carbocycles. The molecule has 94 valence electrons. The van der Waals surface area contributed by atoms with Crippen LogP contribution in [0.3, 0.4) is 0 Å². The van der Waals surface area contributed by atoms with Crippen LogP contribution in [0.4, 0.5) is 0 Å². The summed E-state index contributed by atoms with van der Waals surface area (Å²) >= 11 is -1.76. The van der Waals surface area contributed by atoms with Gasteiger partial charge in [0.1, 0.15) is 0 Å². The molecule has 0 unspecified atom stereocenters.